The molecule has 1 N–H and O–H groups in total. The highest BCUT2D eigenvalue weighted by atomic mass is 14.7. The van der Waals surface area contributed by atoms with Crippen molar-refractivity contribution < 1.29 is 0 Å². The van der Waals surface area contributed by atoms with Gasteiger partial charge in [0.25, 0.3) is 0 Å². The average Bonchev–Trinajstić information content (AvgIpc) is 3.28. The molecule has 7 rings (SSSR count). The summed E-state index contributed by atoms with van der Waals surface area (Å²) in [6.07, 6.45) is 0. The van der Waals surface area contributed by atoms with E-state index in [2.05, 4.69) is 104 Å². The lowest BCUT2D eigenvalue weighted by molar-refractivity contribution is 0.661. The Balaban J connectivity index is 1.82. The van der Waals surface area contributed by atoms with Crippen LogP contribution in [-0.4, -0.2) is 4.98 Å². The molecule has 0 radical (unpaired) electrons. The minimum Gasteiger partial charge on any atom is -0.354 e. The quantitative estimate of drug-likeness (QED) is 0.256. The number of hydrogen-bond donors (Lipinski definition) is 1. The van der Waals surface area contributed by atoms with E-state index in [0.29, 0.717) is 0 Å². The molecule has 1 aliphatic carbocycles. The molecule has 1 heterocycles. The van der Waals surface area contributed by atoms with Crippen LogP contribution in [0.4, 0.5) is 0 Å². The first-order valence-electron chi connectivity index (χ1n) is 10.6. The van der Waals surface area contributed by atoms with Gasteiger partial charge in [-0.05, 0) is 44.5 Å². The lowest BCUT2D eigenvalue weighted by Crippen LogP contribution is -2.14. The number of aromatic amines is 1. The van der Waals surface area contributed by atoms with Crippen LogP contribution in [0.2, 0.25) is 0 Å². The summed E-state index contributed by atoms with van der Waals surface area (Å²) in [6, 6.07) is 31.2. The van der Waals surface area contributed by atoms with Crippen molar-refractivity contribution in [1.29, 1.82) is 0 Å². The molecule has 1 heteroatoms. The molecule has 142 valence electrons. The summed E-state index contributed by atoms with van der Waals surface area (Å²) < 4.78 is 0. The van der Waals surface area contributed by atoms with Gasteiger partial charge in [-0.3, -0.25) is 0 Å². The third kappa shape index (κ3) is 1.79. The molecule has 0 amide bonds. The normalized spacial score (nSPS) is 14.6. The van der Waals surface area contributed by atoms with Gasteiger partial charge in [0.2, 0.25) is 0 Å². The van der Waals surface area contributed by atoms with E-state index in [1.165, 1.54) is 65.6 Å². The molecule has 1 aliphatic rings. The van der Waals surface area contributed by atoms with Crippen molar-refractivity contribution >= 4 is 43.4 Å². The molecule has 0 aliphatic heterocycles. The highest BCUT2D eigenvalue weighted by Crippen LogP contribution is 2.53. The van der Waals surface area contributed by atoms with Crippen LogP contribution >= 0.6 is 0 Å². The van der Waals surface area contributed by atoms with Gasteiger partial charge in [-0.25, -0.2) is 0 Å². The Bertz CT molecular complexity index is 1660. The zero-order valence-electron chi connectivity index (χ0n) is 17.1. The maximum atomic E-state index is 3.80. The molecular weight excluding hydrogens is 362 g/mol. The van der Waals surface area contributed by atoms with Crippen molar-refractivity contribution in [3.05, 3.63) is 96.1 Å². The van der Waals surface area contributed by atoms with E-state index < -0.39 is 0 Å². The monoisotopic (exact) mass is 383 g/mol. The summed E-state index contributed by atoms with van der Waals surface area (Å²) in [5.74, 6) is 0. The standard InChI is InChI=1S/C29H21N/c1-29(2)22-14-8-7-13-21(22)25-23(29)15-16-24-27(25)26-19-11-5-3-9-17(19)18-10-4-6-12-20(18)28(26)30-24/h3-16,30H,1-2H3. The fraction of sp³-hybridized carbons (Fsp3) is 0.103. The smallest absolute Gasteiger partial charge is 0.0551 e. The zero-order chi connectivity index (χ0) is 20.0. The summed E-state index contributed by atoms with van der Waals surface area (Å²) in [5, 5.41) is 7.97. The number of rotatable bonds is 0. The Labute approximate surface area is 175 Å². The predicted molar refractivity (Wildman–Crippen MR) is 128 cm³/mol. The first kappa shape index (κ1) is 16.2. The van der Waals surface area contributed by atoms with Crippen molar-refractivity contribution in [1.82, 2.24) is 4.98 Å². The number of aromatic nitrogens is 1. The zero-order valence-corrected chi connectivity index (χ0v) is 17.1. The summed E-state index contributed by atoms with van der Waals surface area (Å²) in [5.41, 5.74) is 8.10. The highest BCUT2D eigenvalue weighted by molar-refractivity contribution is 6.33. The summed E-state index contributed by atoms with van der Waals surface area (Å²) in [6.45, 7) is 4.71. The minimum absolute atomic E-state index is 0.0103. The maximum Gasteiger partial charge on any atom is 0.0551 e. The van der Waals surface area contributed by atoms with E-state index in [1.807, 2.05) is 0 Å². The number of benzene rings is 5. The Morgan fingerprint density at radius 1 is 0.567 bits per heavy atom. The summed E-state index contributed by atoms with van der Waals surface area (Å²) in [7, 11) is 0. The van der Waals surface area contributed by atoms with Gasteiger partial charge < -0.3 is 4.98 Å². The fourth-order valence-electron chi connectivity index (χ4n) is 5.82. The van der Waals surface area contributed by atoms with Crippen molar-refractivity contribution in [3.63, 3.8) is 0 Å². The van der Waals surface area contributed by atoms with Crippen molar-refractivity contribution in [2.24, 2.45) is 0 Å². The Morgan fingerprint density at radius 3 is 2.00 bits per heavy atom. The van der Waals surface area contributed by atoms with E-state index in [1.54, 1.807) is 0 Å². The number of hydrogen-bond acceptors (Lipinski definition) is 0. The van der Waals surface area contributed by atoms with Gasteiger partial charge in [0.1, 0.15) is 0 Å². The number of nitrogens with one attached hydrogen (secondary N) is 1. The summed E-state index contributed by atoms with van der Waals surface area (Å²) >= 11 is 0. The second kappa shape index (κ2) is 5.31. The van der Waals surface area contributed by atoms with Crippen molar-refractivity contribution in [3.8, 4) is 11.1 Å². The van der Waals surface area contributed by atoms with Gasteiger partial charge >= 0.3 is 0 Å². The minimum atomic E-state index is 0.0103. The first-order valence-corrected chi connectivity index (χ1v) is 10.6. The van der Waals surface area contributed by atoms with Gasteiger partial charge in [0.15, 0.2) is 0 Å². The third-order valence-electron chi connectivity index (χ3n) is 7.19. The summed E-state index contributed by atoms with van der Waals surface area (Å²) in [4.78, 5) is 3.80. The second-order valence-electron chi connectivity index (χ2n) is 9.05. The van der Waals surface area contributed by atoms with Gasteiger partial charge in [0, 0.05) is 27.1 Å². The second-order valence-corrected chi connectivity index (χ2v) is 9.05. The van der Waals surface area contributed by atoms with Crippen LogP contribution in [-0.2, 0) is 5.41 Å². The Morgan fingerprint density at radius 2 is 1.20 bits per heavy atom. The van der Waals surface area contributed by atoms with Crippen LogP contribution in [0.3, 0.4) is 0 Å². The molecule has 0 saturated heterocycles. The number of H-pyrrole nitrogens is 1. The lowest BCUT2D eigenvalue weighted by Gasteiger charge is -2.21. The Hall–Kier alpha value is -3.58. The highest BCUT2D eigenvalue weighted by Gasteiger charge is 2.36. The fourth-order valence-corrected chi connectivity index (χ4v) is 5.82. The third-order valence-corrected chi connectivity index (χ3v) is 7.19. The molecule has 0 spiro atoms. The Kier molecular flexibility index (Phi) is 2.88. The largest absolute Gasteiger partial charge is 0.354 e. The van der Waals surface area contributed by atoms with Crippen LogP contribution < -0.4 is 0 Å². The van der Waals surface area contributed by atoms with E-state index in [9.17, 15) is 0 Å². The van der Waals surface area contributed by atoms with Crippen LogP contribution in [0.15, 0.2) is 84.9 Å². The van der Waals surface area contributed by atoms with E-state index in [0.717, 1.165) is 0 Å². The first-order chi connectivity index (χ1) is 14.7. The molecule has 1 nitrogen and oxygen atoms in total. The SMILES string of the molecule is CC1(C)c2ccccc2-c2c1ccc1[nH]c3c4ccccc4c4ccccc4c3c21. The van der Waals surface area contributed by atoms with Gasteiger partial charge in [-0.2, -0.15) is 0 Å². The molecule has 0 unspecified atom stereocenters. The molecule has 0 saturated carbocycles. The van der Waals surface area contributed by atoms with Gasteiger partial charge in [-0.1, -0.05) is 92.7 Å². The molecule has 1 aromatic heterocycles. The molecular formula is C29H21N. The lowest BCUT2D eigenvalue weighted by atomic mass is 9.82. The van der Waals surface area contributed by atoms with Crippen molar-refractivity contribution in [2.45, 2.75) is 19.3 Å². The van der Waals surface area contributed by atoms with Crippen LogP contribution in [0.5, 0.6) is 0 Å². The van der Waals surface area contributed by atoms with Crippen LogP contribution in [0.25, 0.3) is 54.5 Å². The molecule has 30 heavy (non-hydrogen) atoms. The van der Waals surface area contributed by atoms with Gasteiger partial charge in [-0.15, -0.1) is 0 Å². The van der Waals surface area contributed by atoms with E-state index >= 15 is 0 Å². The van der Waals surface area contributed by atoms with Gasteiger partial charge in [0.05, 0.1) is 5.52 Å². The molecule has 6 aromatic rings. The van der Waals surface area contributed by atoms with Crippen LogP contribution in [0.1, 0.15) is 25.0 Å². The van der Waals surface area contributed by atoms with Crippen molar-refractivity contribution in [2.75, 3.05) is 0 Å². The molecule has 0 bridgehead atoms. The molecule has 5 aromatic carbocycles. The molecule has 0 atom stereocenters. The van der Waals surface area contributed by atoms with E-state index in [4.69, 9.17) is 0 Å². The molecule has 0 fully saturated rings. The van der Waals surface area contributed by atoms with E-state index in [-0.39, 0.29) is 5.41 Å². The predicted octanol–water partition coefficient (Wildman–Crippen LogP) is 7.93. The average molecular weight is 383 g/mol. The number of fused-ring (bicyclic) bond motifs is 12. The van der Waals surface area contributed by atoms with Crippen LogP contribution in [0, 0.1) is 0 Å². The maximum absolute atomic E-state index is 3.80. The topological polar surface area (TPSA) is 15.8 Å².